The summed E-state index contributed by atoms with van der Waals surface area (Å²) in [6, 6.07) is 10.3. The van der Waals surface area contributed by atoms with Crippen molar-refractivity contribution >= 4 is 10.9 Å². The van der Waals surface area contributed by atoms with E-state index in [1.54, 1.807) is 6.92 Å². The molecular formula is C14H20N2O2. The minimum Gasteiger partial charge on any atom is -0.394 e. The van der Waals surface area contributed by atoms with E-state index in [0.717, 1.165) is 6.54 Å². The second-order valence-electron chi connectivity index (χ2n) is 4.87. The minimum atomic E-state index is -0.608. The molecule has 0 unspecified atom stereocenters. The zero-order valence-corrected chi connectivity index (χ0v) is 10.6. The third-order valence-electron chi connectivity index (χ3n) is 3.28. The van der Waals surface area contributed by atoms with Crippen molar-refractivity contribution in [1.29, 1.82) is 0 Å². The Morgan fingerprint density at radius 2 is 1.89 bits per heavy atom. The third kappa shape index (κ3) is 2.72. The summed E-state index contributed by atoms with van der Waals surface area (Å²) in [5.41, 5.74) is 0.595. The Bertz CT molecular complexity index is 503. The van der Waals surface area contributed by atoms with Crippen molar-refractivity contribution in [1.82, 2.24) is 9.88 Å². The standard InChI is InChI=1S/C14H20N2O2/c1-14(10-17,11-18)15-7-9-16-8-6-12-4-2-3-5-13(12)16/h2-6,8,15,17-18H,7,9-11H2,1H3. The van der Waals surface area contributed by atoms with Gasteiger partial charge in [-0.25, -0.2) is 0 Å². The minimum absolute atomic E-state index is 0.0735. The Hall–Kier alpha value is -1.36. The monoisotopic (exact) mass is 248 g/mol. The molecule has 0 amide bonds. The highest BCUT2D eigenvalue weighted by Gasteiger charge is 2.20. The summed E-state index contributed by atoms with van der Waals surface area (Å²) in [6.45, 7) is 3.17. The average molecular weight is 248 g/mol. The number of aromatic nitrogens is 1. The number of hydrogen-bond acceptors (Lipinski definition) is 3. The van der Waals surface area contributed by atoms with Crippen LogP contribution in [-0.2, 0) is 6.54 Å². The summed E-state index contributed by atoms with van der Waals surface area (Å²) in [5, 5.41) is 22.8. The second kappa shape index (κ2) is 5.52. The largest absolute Gasteiger partial charge is 0.394 e. The molecule has 0 atom stereocenters. The lowest BCUT2D eigenvalue weighted by atomic mass is 10.1. The highest BCUT2D eigenvalue weighted by molar-refractivity contribution is 5.79. The SMILES string of the molecule is CC(CO)(CO)NCCn1ccc2ccccc21. The van der Waals surface area contributed by atoms with E-state index in [0.29, 0.717) is 6.54 Å². The van der Waals surface area contributed by atoms with Gasteiger partial charge in [0.2, 0.25) is 0 Å². The number of benzene rings is 1. The van der Waals surface area contributed by atoms with Gasteiger partial charge in [-0.05, 0) is 24.4 Å². The first-order valence-electron chi connectivity index (χ1n) is 6.19. The van der Waals surface area contributed by atoms with Crippen LogP contribution in [0.5, 0.6) is 0 Å². The number of aliphatic hydroxyl groups excluding tert-OH is 2. The van der Waals surface area contributed by atoms with Gasteiger partial charge in [0.1, 0.15) is 0 Å². The molecule has 0 saturated heterocycles. The number of para-hydroxylation sites is 1. The summed E-state index contributed by atoms with van der Waals surface area (Å²) in [6.07, 6.45) is 2.06. The zero-order valence-electron chi connectivity index (χ0n) is 10.6. The van der Waals surface area contributed by atoms with Crippen LogP contribution >= 0.6 is 0 Å². The van der Waals surface area contributed by atoms with E-state index < -0.39 is 5.54 Å². The zero-order chi connectivity index (χ0) is 13.0. The highest BCUT2D eigenvalue weighted by atomic mass is 16.3. The van der Waals surface area contributed by atoms with Crippen LogP contribution < -0.4 is 5.32 Å². The topological polar surface area (TPSA) is 57.4 Å². The number of nitrogens with one attached hydrogen (secondary N) is 1. The van der Waals surface area contributed by atoms with Crippen LogP contribution in [0.3, 0.4) is 0 Å². The fourth-order valence-corrected chi connectivity index (χ4v) is 1.98. The van der Waals surface area contributed by atoms with Gasteiger partial charge in [-0.15, -0.1) is 0 Å². The Kier molecular flexibility index (Phi) is 4.01. The predicted molar refractivity (Wildman–Crippen MR) is 72.5 cm³/mol. The van der Waals surface area contributed by atoms with Crippen molar-refractivity contribution in [3.63, 3.8) is 0 Å². The molecular weight excluding hydrogens is 228 g/mol. The molecule has 0 aliphatic heterocycles. The third-order valence-corrected chi connectivity index (χ3v) is 3.28. The molecule has 18 heavy (non-hydrogen) atoms. The van der Waals surface area contributed by atoms with Crippen molar-refractivity contribution in [2.75, 3.05) is 19.8 Å². The summed E-state index contributed by atoms with van der Waals surface area (Å²) in [4.78, 5) is 0. The summed E-state index contributed by atoms with van der Waals surface area (Å²) in [5.74, 6) is 0. The number of hydrogen-bond donors (Lipinski definition) is 3. The van der Waals surface area contributed by atoms with Crippen molar-refractivity contribution in [3.05, 3.63) is 36.5 Å². The van der Waals surface area contributed by atoms with Gasteiger partial charge in [0.25, 0.3) is 0 Å². The van der Waals surface area contributed by atoms with E-state index in [2.05, 4.69) is 34.3 Å². The van der Waals surface area contributed by atoms with E-state index in [4.69, 9.17) is 0 Å². The van der Waals surface area contributed by atoms with Gasteiger partial charge in [-0.1, -0.05) is 18.2 Å². The molecule has 3 N–H and O–H groups in total. The van der Waals surface area contributed by atoms with Gasteiger partial charge < -0.3 is 20.1 Å². The molecule has 1 aromatic heterocycles. The van der Waals surface area contributed by atoms with Crippen LogP contribution in [0, 0.1) is 0 Å². The molecule has 0 bridgehead atoms. The van der Waals surface area contributed by atoms with Gasteiger partial charge in [-0.3, -0.25) is 0 Å². The first kappa shape index (κ1) is 13.1. The summed E-state index contributed by atoms with van der Waals surface area (Å²) in [7, 11) is 0. The van der Waals surface area contributed by atoms with Gasteiger partial charge in [-0.2, -0.15) is 0 Å². The molecule has 2 aromatic rings. The number of aliphatic hydroxyl groups is 2. The van der Waals surface area contributed by atoms with Crippen molar-refractivity contribution < 1.29 is 10.2 Å². The van der Waals surface area contributed by atoms with Crippen LogP contribution in [-0.4, -0.2) is 40.1 Å². The normalized spacial score (nSPS) is 12.2. The first-order chi connectivity index (χ1) is 8.68. The fraction of sp³-hybridized carbons (Fsp3) is 0.429. The number of nitrogens with zero attached hydrogens (tertiary/aromatic N) is 1. The molecule has 0 aliphatic rings. The van der Waals surface area contributed by atoms with Crippen LogP contribution in [0.25, 0.3) is 10.9 Å². The maximum absolute atomic E-state index is 9.18. The van der Waals surface area contributed by atoms with Crippen molar-refractivity contribution in [3.8, 4) is 0 Å². The molecule has 0 saturated carbocycles. The molecule has 1 aromatic carbocycles. The molecule has 2 rings (SSSR count). The maximum Gasteiger partial charge on any atom is 0.0633 e. The lowest BCUT2D eigenvalue weighted by Crippen LogP contribution is -2.49. The van der Waals surface area contributed by atoms with E-state index >= 15 is 0 Å². The maximum atomic E-state index is 9.18. The molecule has 1 heterocycles. The van der Waals surface area contributed by atoms with Gasteiger partial charge in [0.15, 0.2) is 0 Å². The lowest BCUT2D eigenvalue weighted by molar-refractivity contribution is 0.104. The quantitative estimate of drug-likeness (QED) is 0.714. The average Bonchev–Trinajstić information content (AvgIpc) is 2.82. The van der Waals surface area contributed by atoms with Gasteiger partial charge in [0.05, 0.1) is 18.8 Å². The highest BCUT2D eigenvalue weighted by Crippen LogP contribution is 2.14. The molecule has 0 spiro atoms. The molecule has 98 valence electrons. The van der Waals surface area contributed by atoms with E-state index in [1.165, 1.54) is 10.9 Å². The van der Waals surface area contributed by atoms with E-state index in [1.807, 2.05) is 12.1 Å². The lowest BCUT2D eigenvalue weighted by Gasteiger charge is -2.26. The van der Waals surface area contributed by atoms with Crippen LogP contribution in [0.2, 0.25) is 0 Å². The predicted octanol–water partition coefficient (Wildman–Crippen LogP) is 0.974. The van der Waals surface area contributed by atoms with Crippen molar-refractivity contribution in [2.24, 2.45) is 0 Å². The van der Waals surface area contributed by atoms with Crippen LogP contribution in [0.15, 0.2) is 36.5 Å². The van der Waals surface area contributed by atoms with Crippen LogP contribution in [0.1, 0.15) is 6.92 Å². The van der Waals surface area contributed by atoms with Crippen molar-refractivity contribution in [2.45, 2.75) is 19.0 Å². The van der Waals surface area contributed by atoms with E-state index in [9.17, 15) is 10.2 Å². The molecule has 0 fully saturated rings. The molecule has 0 radical (unpaired) electrons. The molecule has 4 nitrogen and oxygen atoms in total. The van der Waals surface area contributed by atoms with Gasteiger partial charge >= 0.3 is 0 Å². The Morgan fingerprint density at radius 1 is 1.17 bits per heavy atom. The van der Waals surface area contributed by atoms with Crippen LogP contribution in [0.4, 0.5) is 0 Å². The number of rotatable bonds is 6. The first-order valence-corrected chi connectivity index (χ1v) is 6.19. The Morgan fingerprint density at radius 3 is 2.61 bits per heavy atom. The Balaban J connectivity index is 1.98. The smallest absolute Gasteiger partial charge is 0.0633 e. The van der Waals surface area contributed by atoms with Gasteiger partial charge in [0, 0.05) is 24.8 Å². The fourth-order valence-electron chi connectivity index (χ4n) is 1.98. The second-order valence-corrected chi connectivity index (χ2v) is 4.87. The molecule has 4 heteroatoms. The van der Waals surface area contributed by atoms with E-state index in [-0.39, 0.29) is 13.2 Å². The summed E-state index contributed by atoms with van der Waals surface area (Å²) >= 11 is 0. The Labute approximate surface area is 107 Å². The number of fused-ring (bicyclic) bond motifs is 1. The molecule has 0 aliphatic carbocycles. The summed E-state index contributed by atoms with van der Waals surface area (Å²) < 4.78 is 2.16.